The van der Waals surface area contributed by atoms with Crippen molar-refractivity contribution < 1.29 is 4.79 Å². The third kappa shape index (κ3) is 2.72. The van der Waals surface area contributed by atoms with Gasteiger partial charge in [-0.3, -0.25) is 4.79 Å². The van der Waals surface area contributed by atoms with Crippen LogP contribution in [0.1, 0.15) is 41.3 Å². The molecule has 1 aromatic carbocycles. The van der Waals surface area contributed by atoms with E-state index in [4.69, 9.17) is 0 Å². The largest absolute Gasteiger partial charge is 0.345 e. The van der Waals surface area contributed by atoms with E-state index in [-0.39, 0.29) is 5.91 Å². The fraction of sp³-hybridized carbons (Fsp3) is 0.375. The van der Waals surface area contributed by atoms with Crippen LogP contribution in [0.2, 0.25) is 0 Å². The fourth-order valence-corrected chi connectivity index (χ4v) is 3.80. The first-order valence-electron chi connectivity index (χ1n) is 7.84. The Morgan fingerprint density at radius 1 is 1.26 bits per heavy atom. The van der Waals surface area contributed by atoms with Gasteiger partial charge in [-0.15, -0.1) is 21.5 Å². The van der Waals surface area contributed by atoms with E-state index in [2.05, 4.69) is 20.5 Å². The van der Waals surface area contributed by atoms with E-state index >= 15 is 0 Å². The zero-order valence-corrected chi connectivity index (χ0v) is 13.5. The maximum Gasteiger partial charge on any atom is 0.289 e. The number of hydrogen-bond acceptors (Lipinski definition) is 5. The number of nitrogens with one attached hydrogen (secondary N) is 1. The van der Waals surface area contributed by atoms with Gasteiger partial charge < -0.3 is 9.88 Å². The molecule has 7 heteroatoms. The minimum Gasteiger partial charge on any atom is -0.345 e. The number of carbonyl (C=O) groups excluding carboxylic acids is 1. The lowest BCUT2D eigenvalue weighted by atomic mass is 10.2. The Labute approximate surface area is 137 Å². The number of aromatic nitrogens is 4. The maximum atomic E-state index is 12.5. The van der Waals surface area contributed by atoms with E-state index in [1.54, 1.807) is 11.3 Å². The van der Waals surface area contributed by atoms with Gasteiger partial charge in [-0.05, 0) is 24.5 Å². The summed E-state index contributed by atoms with van der Waals surface area (Å²) in [4.78, 5) is 16.8. The van der Waals surface area contributed by atoms with Crippen molar-refractivity contribution in [1.29, 1.82) is 0 Å². The summed E-state index contributed by atoms with van der Waals surface area (Å²) >= 11 is 1.59. The highest BCUT2D eigenvalue weighted by Crippen LogP contribution is 2.22. The van der Waals surface area contributed by atoms with Crippen molar-refractivity contribution in [3.8, 4) is 0 Å². The highest BCUT2D eigenvalue weighted by Gasteiger charge is 2.20. The molecule has 23 heavy (non-hydrogen) atoms. The summed E-state index contributed by atoms with van der Waals surface area (Å²) in [7, 11) is 0. The summed E-state index contributed by atoms with van der Waals surface area (Å²) in [5.41, 5.74) is 3.88. The predicted octanol–water partition coefficient (Wildman–Crippen LogP) is 2.54. The number of aryl methyl sites for hydroxylation is 1. The molecular weight excluding hydrogens is 310 g/mol. The average molecular weight is 327 g/mol. The van der Waals surface area contributed by atoms with Crippen LogP contribution >= 0.6 is 11.3 Å². The molecule has 0 atom stereocenters. The van der Waals surface area contributed by atoms with Crippen LogP contribution in [0.5, 0.6) is 0 Å². The number of rotatable bonds is 3. The van der Waals surface area contributed by atoms with Crippen LogP contribution in [0.3, 0.4) is 0 Å². The summed E-state index contributed by atoms with van der Waals surface area (Å²) in [6.45, 7) is 1.30. The second kappa shape index (κ2) is 6.08. The summed E-state index contributed by atoms with van der Waals surface area (Å²) in [5, 5.41) is 11.2. The average Bonchev–Trinajstić information content (AvgIpc) is 3.14. The zero-order chi connectivity index (χ0) is 15.6. The molecule has 0 fully saturated rings. The van der Waals surface area contributed by atoms with E-state index in [9.17, 15) is 4.79 Å². The van der Waals surface area contributed by atoms with Crippen molar-refractivity contribution in [1.82, 2.24) is 25.1 Å². The van der Waals surface area contributed by atoms with E-state index < -0.39 is 0 Å². The Bertz CT molecular complexity index is 853. The molecule has 1 N–H and O–H groups in total. The Morgan fingerprint density at radius 2 is 2.22 bits per heavy atom. The number of fused-ring (bicyclic) bond motifs is 2. The lowest BCUT2D eigenvalue weighted by Crippen LogP contribution is -2.26. The second-order valence-electron chi connectivity index (χ2n) is 5.70. The first-order valence-corrected chi connectivity index (χ1v) is 8.72. The molecule has 0 spiro atoms. The second-order valence-corrected chi connectivity index (χ2v) is 6.56. The van der Waals surface area contributed by atoms with Gasteiger partial charge in [0.2, 0.25) is 5.82 Å². The Hall–Kier alpha value is -2.28. The van der Waals surface area contributed by atoms with Crippen LogP contribution in [0.15, 0.2) is 23.7 Å². The predicted molar refractivity (Wildman–Crippen MR) is 88.4 cm³/mol. The molecule has 0 bridgehead atoms. The van der Waals surface area contributed by atoms with Crippen LogP contribution in [-0.2, 0) is 19.5 Å². The molecule has 0 aliphatic carbocycles. The number of nitrogens with zero attached hydrogens (tertiary/aromatic N) is 4. The van der Waals surface area contributed by atoms with Gasteiger partial charge in [0.1, 0.15) is 5.82 Å². The Kier molecular flexibility index (Phi) is 3.78. The lowest BCUT2D eigenvalue weighted by Gasteiger charge is -2.08. The van der Waals surface area contributed by atoms with Crippen LogP contribution in [0.25, 0.3) is 10.2 Å². The molecule has 4 rings (SSSR count). The quantitative estimate of drug-likeness (QED) is 0.802. The van der Waals surface area contributed by atoms with Crippen molar-refractivity contribution >= 4 is 27.5 Å². The van der Waals surface area contributed by atoms with Gasteiger partial charge >= 0.3 is 0 Å². The van der Waals surface area contributed by atoms with Crippen molar-refractivity contribution in [3.05, 3.63) is 40.9 Å². The molecular formula is C16H17N5OS. The first kappa shape index (κ1) is 14.3. The number of amides is 1. The number of thiazole rings is 1. The minimum atomic E-state index is -0.160. The number of benzene rings is 1. The van der Waals surface area contributed by atoms with Crippen LogP contribution in [-0.4, -0.2) is 25.7 Å². The molecule has 1 aliphatic heterocycles. The van der Waals surface area contributed by atoms with Gasteiger partial charge in [-0.25, -0.2) is 4.98 Å². The van der Waals surface area contributed by atoms with Crippen LogP contribution in [0.4, 0.5) is 0 Å². The molecule has 3 heterocycles. The third-order valence-corrected chi connectivity index (χ3v) is 5.11. The summed E-state index contributed by atoms with van der Waals surface area (Å²) in [6, 6.07) is 5.97. The fourth-order valence-electron chi connectivity index (χ4n) is 2.99. The van der Waals surface area contributed by atoms with E-state index in [0.717, 1.165) is 47.4 Å². The molecule has 0 saturated carbocycles. The van der Waals surface area contributed by atoms with Gasteiger partial charge in [0.15, 0.2) is 0 Å². The lowest BCUT2D eigenvalue weighted by molar-refractivity contribution is 0.0935. The van der Waals surface area contributed by atoms with E-state index in [1.165, 1.54) is 6.42 Å². The van der Waals surface area contributed by atoms with Gasteiger partial charge in [-0.1, -0.05) is 18.6 Å². The standard InChI is InChI=1S/C16H17N5OS/c22-16(15-20-19-13-7-2-1-3-8-21(13)15)17-9-11-5-4-6-12-14(11)23-10-18-12/h4-6,10H,1-3,7-9H2,(H,17,22). The van der Waals surface area contributed by atoms with Crippen LogP contribution < -0.4 is 5.32 Å². The van der Waals surface area contributed by atoms with Crippen molar-refractivity contribution in [3.63, 3.8) is 0 Å². The normalized spacial score (nSPS) is 14.4. The zero-order valence-electron chi connectivity index (χ0n) is 12.7. The minimum absolute atomic E-state index is 0.160. The monoisotopic (exact) mass is 327 g/mol. The van der Waals surface area contributed by atoms with Gasteiger partial charge in [0, 0.05) is 19.5 Å². The molecule has 3 aromatic rings. The summed E-state index contributed by atoms with van der Waals surface area (Å²) in [5.74, 6) is 1.20. The maximum absolute atomic E-state index is 12.5. The SMILES string of the molecule is O=C(NCc1cccc2ncsc12)c1nnc2n1CCCCC2. The van der Waals surface area contributed by atoms with Crippen molar-refractivity contribution in [2.45, 2.75) is 38.8 Å². The Morgan fingerprint density at radius 3 is 3.17 bits per heavy atom. The topological polar surface area (TPSA) is 72.7 Å². The molecule has 0 unspecified atom stereocenters. The third-order valence-electron chi connectivity index (χ3n) is 4.19. The number of hydrogen-bond donors (Lipinski definition) is 1. The Balaban J connectivity index is 1.52. The highest BCUT2D eigenvalue weighted by molar-refractivity contribution is 7.16. The summed E-state index contributed by atoms with van der Waals surface area (Å²) in [6.07, 6.45) is 4.27. The molecule has 0 saturated heterocycles. The molecule has 1 aliphatic rings. The first-order chi connectivity index (χ1) is 11.3. The summed E-state index contributed by atoms with van der Waals surface area (Å²) < 4.78 is 3.09. The highest BCUT2D eigenvalue weighted by atomic mass is 32.1. The smallest absolute Gasteiger partial charge is 0.289 e. The van der Waals surface area contributed by atoms with E-state index in [0.29, 0.717) is 12.4 Å². The van der Waals surface area contributed by atoms with Gasteiger partial charge in [0.05, 0.1) is 15.7 Å². The molecule has 118 valence electrons. The van der Waals surface area contributed by atoms with Crippen molar-refractivity contribution in [2.24, 2.45) is 0 Å². The molecule has 0 radical (unpaired) electrons. The molecule has 2 aromatic heterocycles. The van der Waals surface area contributed by atoms with Gasteiger partial charge in [0.25, 0.3) is 5.91 Å². The molecule has 6 nitrogen and oxygen atoms in total. The van der Waals surface area contributed by atoms with Gasteiger partial charge in [-0.2, -0.15) is 0 Å². The van der Waals surface area contributed by atoms with Crippen molar-refractivity contribution in [2.75, 3.05) is 0 Å². The van der Waals surface area contributed by atoms with E-state index in [1.807, 2.05) is 28.3 Å². The molecule has 1 amide bonds. The number of carbonyl (C=O) groups is 1. The van der Waals surface area contributed by atoms with Crippen LogP contribution in [0, 0.1) is 0 Å².